The first-order valence-electron chi connectivity index (χ1n) is 4.53. The van der Waals surface area contributed by atoms with Crippen molar-refractivity contribution in [2.45, 2.75) is 25.7 Å². The molecule has 1 unspecified atom stereocenters. The van der Waals surface area contributed by atoms with Gasteiger partial charge in [0.25, 0.3) is 0 Å². The molecule has 1 atom stereocenters. The van der Waals surface area contributed by atoms with E-state index in [9.17, 15) is 22.4 Å². The molecule has 0 saturated heterocycles. The van der Waals surface area contributed by atoms with Crippen LogP contribution in [0.3, 0.4) is 0 Å². The van der Waals surface area contributed by atoms with Crippen LogP contribution >= 0.6 is 0 Å². The molecule has 0 heterocycles. The highest BCUT2D eigenvalue weighted by Crippen LogP contribution is 2.42. The van der Waals surface area contributed by atoms with Crippen LogP contribution in [0.25, 0.3) is 0 Å². The molecule has 0 aliphatic carbocycles. The number of hydrogen-bond donors (Lipinski definition) is 0. The molecule has 0 spiro atoms. The van der Waals surface area contributed by atoms with Crippen molar-refractivity contribution in [3.05, 3.63) is 35.4 Å². The van der Waals surface area contributed by atoms with E-state index in [0.717, 1.165) is 12.1 Å². The second-order valence-corrected chi connectivity index (χ2v) is 3.64. The van der Waals surface area contributed by atoms with Gasteiger partial charge in [0.1, 0.15) is 0 Å². The largest absolute Gasteiger partial charge is 0.426 e. The summed E-state index contributed by atoms with van der Waals surface area (Å²) in [5, 5.41) is 0. The van der Waals surface area contributed by atoms with Gasteiger partial charge >= 0.3 is 6.18 Å². The Morgan fingerprint density at radius 3 is 2.19 bits per heavy atom. The molecule has 1 aromatic rings. The summed E-state index contributed by atoms with van der Waals surface area (Å²) in [5.74, 6) is -0.403. The van der Waals surface area contributed by atoms with E-state index in [1.54, 1.807) is 0 Å². The lowest BCUT2D eigenvalue weighted by molar-refractivity contribution is -0.228. The number of carbonyl (C=O) groups is 1. The minimum absolute atomic E-state index is 0.0608. The molecule has 16 heavy (non-hydrogen) atoms. The first kappa shape index (κ1) is 12.7. The molecule has 0 radical (unpaired) electrons. The van der Waals surface area contributed by atoms with Crippen molar-refractivity contribution in [3.8, 4) is 0 Å². The van der Waals surface area contributed by atoms with E-state index in [1.807, 2.05) is 0 Å². The normalized spacial score (nSPS) is 15.6. The molecule has 0 bridgehead atoms. The summed E-state index contributed by atoms with van der Waals surface area (Å²) in [6.45, 7) is 1.65. The van der Waals surface area contributed by atoms with E-state index < -0.39 is 23.2 Å². The van der Waals surface area contributed by atoms with Gasteiger partial charge in [-0.15, -0.1) is 0 Å². The van der Waals surface area contributed by atoms with Gasteiger partial charge in [0.2, 0.25) is 5.67 Å². The fourth-order valence-electron chi connectivity index (χ4n) is 1.19. The Balaban J connectivity index is 3.24. The quantitative estimate of drug-likeness (QED) is 0.564. The number of rotatable bonds is 2. The second kappa shape index (κ2) is 3.88. The summed E-state index contributed by atoms with van der Waals surface area (Å²) in [4.78, 5) is 11.0. The number of hydrogen-bond acceptors (Lipinski definition) is 1. The molecule has 0 N–H and O–H groups in total. The number of alkyl halides is 4. The molecule has 0 aromatic heterocycles. The lowest BCUT2D eigenvalue weighted by atomic mass is 9.95. The van der Waals surface area contributed by atoms with Crippen LogP contribution in [-0.2, 0) is 5.67 Å². The van der Waals surface area contributed by atoms with Gasteiger partial charge in [0.05, 0.1) is 0 Å². The number of benzene rings is 1. The van der Waals surface area contributed by atoms with Crippen LogP contribution in [0.15, 0.2) is 24.3 Å². The standard InChI is InChI=1S/C11H10F4O/c1-7(16)8-4-3-5-9(6-8)10(2,12)11(13,14)15/h3-6H,1-2H3. The monoisotopic (exact) mass is 234 g/mol. The predicted molar refractivity (Wildman–Crippen MR) is 51.0 cm³/mol. The number of halogens is 4. The van der Waals surface area contributed by atoms with Crippen LogP contribution < -0.4 is 0 Å². The third kappa shape index (κ3) is 2.23. The minimum Gasteiger partial charge on any atom is -0.295 e. The highest BCUT2D eigenvalue weighted by Gasteiger charge is 2.53. The van der Waals surface area contributed by atoms with Gasteiger partial charge in [-0.2, -0.15) is 13.2 Å². The molecule has 1 rings (SSSR count). The fourth-order valence-corrected chi connectivity index (χ4v) is 1.19. The number of ketones is 1. The Morgan fingerprint density at radius 1 is 1.19 bits per heavy atom. The molecule has 0 saturated carbocycles. The molecule has 1 nitrogen and oxygen atoms in total. The summed E-state index contributed by atoms with van der Waals surface area (Å²) < 4.78 is 50.7. The van der Waals surface area contributed by atoms with Crippen LogP contribution in [-0.4, -0.2) is 12.0 Å². The number of Topliss-reactive ketones (excluding diaryl/α,β-unsaturated/α-hetero) is 1. The Hall–Kier alpha value is -1.39. The fraction of sp³-hybridized carbons (Fsp3) is 0.364. The van der Waals surface area contributed by atoms with Crippen molar-refractivity contribution < 1.29 is 22.4 Å². The summed E-state index contributed by atoms with van der Waals surface area (Å²) >= 11 is 0. The second-order valence-electron chi connectivity index (χ2n) is 3.64. The first-order valence-corrected chi connectivity index (χ1v) is 4.53. The van der Waals surface area contributed by atoms with Crippen LogP contribution in [0.1, 0.15) is 29.8 Å². The summed E-state index contributed by atoms with van der Waals surface area (Å²) in [5.41, 5.74) is -3.95. The van der Waals surface area contributed by atoms with Crippen molar-refractivity contribution in [2.75, 3.05) is 0 Å². The van der Waals surface area contributed by atoms with Crippen LogP contribution in [0.2, 0.25) is 0 Å². The van der Waals surface area contributed by atoms with E-state index in [1.165, 1.54) is 19.1 Å². The average molecular weight is 234 g/mol. The molecule has 0 aliphatic heterocycles. The highest BCUT2D eigenvalue weighted by molar-refractivity contribution is 5.94. The lowest BCUT2D eigenvalue weighted by Gasteiger charge is -2.24. The van der Waals surface area contributed by atoms with Gasteiger partial charge < -0.3 is 0 Å². The van der Waals surface area contributed by atoms with Gasteiger partial charge in [-0.25, -0.2) is 4.39 Å². The molecule has 1 aromatic carbocycles. The molecular weight excluding hydrogens is 224 g/mol. The predicted octanol–water partition coefficient (Wildman–Crippen LogP) is 3.64. The van der Waals surface area contributed by atoms with Crippen molar-refractivity contribution in [2.24, 2.45) is 0 Å². The van der Waals surface area contributed by atoms with Crippen molar-refractivity contribution >= 4 is 5.78 Å². The molecular formula is C11H10F4O. The maximum absolute atomic E-state index is 13.5. The average Bonchev–Trinajstić information content (AvgIpc) is 2.16. The van der Waals surface area contributed by atoms with Gasteiger partial charge in [-0.3, -0.25) is 4.79 Å². The van der Waals surface area contributed by atoms with Crippen LogP contribution in [0, 0.1) is 0 Å². The van der Waals surface area contributed by atoms with Crippen LogP contribution in [0.5, 0.6) is 0 Å². The number of carbonyl (C=O) groups excluding carboxylic acids is 1. The SMILES string of the molecule is CC(=O)c1cccc(C(C)(F)C(F)(F)F)c1. The summed E-state index contributed by atoms with van der Waals surface area (Å²) in [6, 6.07) is 4.52. The zero-order valence-corrected chi connectivity index (χ0v) is 8.73. The molecule has 88 valence electrons. The summed E-state index contributed by atoms with van der Waals surface area (Å²) in [6.07, 6.45) is -5.00. The Bertz CT molecular complexity index is 407. The smallest absolute Gasteiger partial charge is 0.295 e. The van der Waals surface area contributed by atoms with Gasteiger partial charge in [-0.1, -0.05) is 18.2 Å². The lowest BCUT2D eigenvalue weighted by Crippen LogP contribution is -2.35. The summed E-state index contributed by atoms with van der Waals surface area (Å²) in [7, 11) is 0. The molecule has 0 fully saturated rings. The Morgan fingerprint density at radius 2 is 1.75 bits per heavy atom. The zero-order valence-electron chi connectivity index (χ0n) is 8.73. The third-order valence-corrected chi connectivity index (χ3v) is 2.34. The van der Waals surface area contributed by atoms with E-state index in [2.05, 4.69) is 0 Å². The molecule has 0 aliphatic rings. The van der Waals surface area contributed by atoms with Crippen molar-refractivity contribution in [1.29, 1.82) is 0 Å². The maximum Gasteiger partial charge on any atom is 0.426 e. The van der Waals surface area contributed by atoms with Gasteiger partial charge in [0, 0.05) is 5.56 Å². The van der Waals surface area contributed by atoms with Crippen LogP contribution in [0.4, 0.5) is 17.6 Å². The van der Waals surface area contributed by atoms with Crippen molar-refractivity contribution in [1.82, 2.24) is 0 Å². The van der Waals surface area contributed by atoms with E-state index in [4.69, 9.17) is 0 Å². The van der Waals surface area contributed by atoms with Crippen molar-refractivity contribution in [3.63, 3.8) is 0 Å². The minimum atomic E-state index is -5.00. The zero-order chi connectivity index (χ0) is 12.6. The Kier molecular flexibility index (Phi) is 3.08. The third-order valence-electron chi connectivity index (χ3n) is 2.34. The highest BCUT2D eigenvalue weighted by atomic mass is 19.4. The van der Waals surface area contributed by atoms with Gasteiger partial charge in [0.15, 0.2) is 5.78 Å². The van der Waals surface area contributed by atoms with E-state index >= 15 is 0 Å². The first-order chi connectivity index (χ1) is 7.16. The molecule has 0 amide bonds. The maximum atomic E-state index is 13.5. The van der Waals surface area contributed by atoms with E-state index in [-0.39, 0.29) is 5.56 Å². The van der Waals surface area contributed by atoms with E-state index in [0.29, 0.717) is 6.92 Å². The Labute approximate surface area is 90.1 Å². The molecule has 5 heteroatoms. The topological polar surface area (TPSA) is 17.1 Å². The van der Waals surface area contributed by atoms with Gasteiger partial charge in [-0.05, 0) is 25.5 Å².